The average molecular weight is 223 g/mol. The minimum absolute atomic E-state index is 1.16. The number of benzene rings is 2. The smallest absolute Gasteiger partial charge is 0.0387 e. The molecule has 1 aliphatic rings. The van der Waals surface area contributed by atoms with Gasteiger partial charge < -0.3 is 5.32 Å². The van der Waals surface area contributed by atoms with Gasteiger partial charge in [0.15, 0.2) is 0 Å². The molecule has 2 aromatic carbocycles. The third-order valence-electron chi connectivity index (χ3n) is 3.41. The second kappa shape index (κ2) is 4.62. The lowest BCUT2D eigenvalue weighted by Crippen LogP contribution is -2.03. The summed E-state index contributed by atoms with van der Waals surface area (Å²) in [6.07, 6.45) is 5.17. The SMILES string of the molecule is c1ccc(Nc2ccc3c(c2)CCCC3)cc1. The fourth-order valence-electron chi connectivity index (χ4n) is 2.50. The third kappa shape index (κ3) is 2.33. The number of rotatable bonds is 2. The molecular formula is C16H17N. The van der Waals surface area contributed by atoms with Crippen LogP contribution in [0.4, 0.5) is 11.4 Å². The lowest BCUT2D eigenvalue weighted by Gasteiger charge is -2.17. The van der Waals surface area contributed by atoms with Crippen molar-refractivity contribution in [2.45, 2.75) is 25.7 Å². The summed E-state index contributed by atoms with van der Waals surface area (Å²) >= 11 is 0. The molecule has 0 bridgehead atoms. The number of nitrogens with one attached hydrogen (secondary N) is 1. The minimum Gasteiger partial charge on any atom is -0.356 e. The number of hydrogen-bond donors (Lipinski definition) is 1. The molecule has 3 rings (SSSR count). The molecule has 1 aliphatic carbocycles. The molecule has 0 atom stereocenters. The molecule has 1 nitrogen and oxygen atoms in total. The van der Waals surface area contributed by atoms with Crippen LogP contribution in [0.5, 0.6) is 0 Å². The Morgan fingerprint density at radius 1 is 0.706 bits per heavy atom. The molecular weight excluding hydrogens is 206 g/mol. The van der Waals surface area contributed by atoms with Gasteiger partial charge in [0.2, 0.25) is 0 Å². The van der Waals surface area contributed by atoms with Gasteiger partial charge in [-0.05, 0) is 61.1 Å². The number of hydrogen-bond acceptors (Lipinski definition) is 1. The predicted molar refractivity (Wildman–Crippen MR) is 72.8 cm³/mol. The Bertz CT molecular complexity index is 502. The van der Waals surface area contributed by atoms with Gasteiger partial charge in [0.05, 0.1) is 0 Å². The van der Waals surface area contributed by atoms with E-state index in [1.807, 2.05) is 6.07 Å². The molecule has 0 radical (unpaired) electrons. The van der Waals surface area contributed by atoms with E-state index in [0.717, 1.165) is 5.69 Å². The number of para-hydroxylation sites is 1. The second-order valence-electron chi connectivity index (χ2n) is 4.68. The largest absolute Gasteiger partial charge is 0.356 e. The first-order valence-corrected chi connectivity index (χ1v) is 6.36. The van der Waals surface area contributed by atoms with Crippen molar-refractivity contribution in [3.63, 3.8) is 0 Å². The summed E-state index contributed by atoms with van der Waals surface area (Å²) in [5.41, 5.74) is 5.42. The quantitative estimate of drug-likeness (QED) is 0.800. The molecule has 0 aliphatic heterocycles. The van der Waals surface area contributed by atoms with Crippen LogP contribution >= 0.6 is 0 Å². The molecule has 0 saturated heterocycles. The van der Waals surface area contributed by atoms with E-state index in [9.17, 15) is 0 Å². The van der Waals surface area contributed by atoms with Crippen molar-refractivity contribution in [3.8, 4) is 0 Å². The number of anilines is 2. The normalized spacial score (nSPS) is 14.1. The topological polar surface area (TPSA) is 12.0 Å². The highest BCUT2D eigenvalue weighted by Gasteiger charge is 2.09. The predicted octanol–water partition coefficient (Wildman–Crippen LogP) is 4.31. The number of aryl methyl sites for hydroxylation is 2. The Morgan fingerprint density at radius 3 is 2.29 bits per heavy atom. The van der Waals surface area contributed by atoms with E-state index in [2.05, 4.69) is 47.8 Å². The first kappa shape index (κ1) is 10.4. The average Bonchev–Trinajstić information content (AvgIpc) is 2.40. The Morgan fingerprint density at radius 2 is 1.47 bits per heavy atom. The Labute approximate surface area is 102 Å². The van der Waals surface area contributed by atoms with Crippen LogP contribution in [0.3, 0.4) is 0 Å². The summed E-state index contributed by atoms with van der Waals surface area (Å²) in [6.45, 7) is 0. The van der Waals surface area contributed by atoms with E-state index in [1.54, 1.807) is 0 Å². The Kier molecular flexibility index (Phi) is 2.83. The van der Waals surface area contributed by atoms with Crippen molar-refractivity contribution in [3.05, 3.63) is 59.7 Å². The highest BCUT2D eigenvalue weighted by Crippen LogP contribution is 2.25. The monoisotopic (exact) mass is 223 g/mol. The summed E-state index contributed by atoms with van der Waals surface area (Å²) in [5, 5.41) is 3.45. The lowest BCUT2D eigenvalue weighted by atomic mass is 9.91. The van der Waals surface area contributed by atoms with Crippen LogP contribution in [-0.4, -0.2) is 0 Å². The summed E-state index contributed by atoms with van der Waals surface area (Å²) in [5.74, 6) is 0. The van der Waals surface area contributed by atoms with Gasteiger partial charge in [0, 0.05) is 11.4 Å². The van der Waals surface area contributed by atoms with Gasteiger partial charge in [0.25, 0.3) is 0 Å². The van der Waals surface area contributed by atoms with Crippen molar-refractivity contribution in [2.75, 3.05) is 5.32 Å². The van der Waals surface area contributed by atoms with Crippen LogP contribution in [0.15, 0.2) is 48.5 Å². The fourth-order valence-corrected chi connectivity index (χ4v) is 2.50. The van der Waals surface area contributed by atoms with Gasteiger partial charge in [-0.15, -0.1) is 0 Å². The molecule has 1 heteroatoms. The maximum absolute atomic E-state index is 3.45. The van der Waals surface area contributed by atoms with Crippen LogP contribution in [0.2, 0.25) is 0 Å². The van der Waals surface area contributed by atoms with E-state index < -0.39 is 0 Å². The highest BCUT2D eigenvalue weighted by molar-refractivity contribution is 5.61. The van der Waals surface area contributed by atoms with E-state index in [0.29, 0.717) is 0 Å². The van der Waals surface area contributed by atoms with Crippen molar-refractivity contribution in [2.24, 2.45) is 0 Å². The fraction of sp³-hybridized carbons (Fsp3) is 0.250. The molecule has 17 heavy (non-hydrogen) atoms. The molecule has 0 amide bonds. The molecule has 0 fully saturated rings. The van der Waals surface area contributed by atoms with Crippen LogP contribution in [-0.2, 0) is 12.8 Å². The zero-order valence-electron chi connectivity index (χ0n) is 9.95. The molecule has 0 spiro atoms. The van der Waals surface area contributed by atoms with Gasteiger partial charge in [0.1, 0.15) is 0 Å². The molecule has 0 aromatic heterocycles. The minimum atomic E-state index is 1.16. The van der Waals surface area contributed by atoms with E-state index in [1.165, 1.54) is 42.5 Å². The van der Waals surface area contributed by atoms with Crippen molar-refractivity contribution in [1.29, 1.82) is 0 Å². The summed E-state index contributed by atoms with van der Waals surface area (Å²) in [4.78, 5) is 0. The highest BCUT2D eigenvalue weighted by atomic mass is 14.9. The van der Waals surface area contributed by atoms with Crippen molar-refractivity contribution in [1.82, 2.24) is 0 Å². The van der Waals surface area contributed by atoms with Crippen molar-refractivity contribution >= 4 is 11.4 Å². The standard InChI is InChI=1S/C16H17N/c1-2-8-15(9-3-1)17-16-11-10-13-6-4-5-7-14(13)12-16/h1-3,8-12,17H,4-7H2. The van der Waals surface area contributed by atoms with Crippen molar-refractivity contribution < 1.29 is 0 Å². The van der Waals surface area contributed by atoms with Crippen LogP contribution in [0.1, 0.15) is 24.0 Å². The van der Waals surface area contributed by atoms with Gasteiger partial charge >= 0.3 is 0 Å². The second-order valence-corrected chi connectivity index (χ2v) is 4.68. The molecule has 86 valence electrons. The molecule has 2 aromatic rings. The molecule has 0 saturated carbocycles. The van der Waals surface area contributed by atoms with Gasteiger partial charge in [-0.1, -0.05) is 24.3 Å². The number of fused-ring (bicyclic) bond motifs is 1. The summed E-state index contributed by atoms with van der Waals surface area (Å²) < 4.78 is 0. The lowest BCUT2D eigenvalue weighted by molar-refractivity contribution is 0.686. The van der Waals surface area contributed by atoms with Gasteiger partial charge in [-0.2, -0.15) is 0 Å². The zero-order chi connectivity index (χ0) is 11.5. The molecule has 0 heterocycles. The van der Waals surface area contributed by atoms with Crippen LogP contribution in [0, 0.1) is 0 Å². The first-order valence-electron chi connectivity index (χ1n) is 6.36. The third-order valence-corrected chi connectivity index (χ3v) is 3.41. The maximum atomic E-state index is 3.45. The van der Waals surface area contributed by atoms with Crippen LogP contribution < -0.4 is 5.32 Å². The van der Waals surface area contributed by atoms with Gasteiger partial charge in [-0.3, -0.25) is 0 Å². The Hall–Kier alpha value is -1.76. The van der Waals surface area contributed by atoms with E-state index >= 15 is 0 Å². The summed E-state index contributed by atoms with van der Waals surface area (Å²) in [7, 11) is 0. The van der Waals surface area contributed by atoms with E-state index in [4.69, 9.17) is 0 Å². The zero-order valence-corrected chi connectivity index (χ0v) is 9.95. The van der Waals surface area contributed by atoms with E-state index in [-0.39, 0.29) is 0 Å². The Balaban J connectivity index is 1.84. The molecule has 0 unspecified atom stereocenters. The van der Waals surface area contributed by atoms with Gasteiger partial charge in [-0.25, -0.2) is 0 Å². The summed E-state index contributed by atoms with van der Waals surface area (Å²) in [6, 6.07) is 17.1. The maximum Gasteiger partial charge on any atom is 0.0387 e. The first-order chi connectivity index (χ1) is 8.42. The van der Waals surface area contributed by atoms with Crippen LogP contribution in [0.25, 0.3) is 0 Å². The molecule has 1 N–H and O–H groups in total.